The van der Waals surface area contributed by atoms with Crippen LogP contribution in [0.15, 0.2) is 29.9 Å². The quantitative estimate of drug-likeness (QED) is 0.883. The van der Waals surface area contributed by atoms with E-state index < -0.39 is 0 Å². The first kappa shape index (κ1) is 11.3. The number of nitrogens with two attached hydrogens (primary N) is 1. The number of thiazole rings is 1. The molecule has 0 fully saturated rings. The predicted octanol–water partition coefficient (Wildman–Crippen LogP) is 3.00. The Hall–Kier alpha value is -1.19. The van der Waals surface area contributed by atoms with E-state index in [1.54, 1.807) is 11.3 Å². The third kappa shape index (κ3) is 2.49. The van der Waals surface area contributed by atoms with Crippen LogP contribution in [0.2, 0.25) is 0 Å². The molecule has 84 valence electrons. The minimum absolute atomic E-state index is 0.0692. The first-order valence-corrected chi connectivity index (χ1v) is 6.25. The van der Waals surface area contributed by atoms with Gasteiger partial charge in [0.05, 0.1) is 5.51 Å². The largest absolute Gasteiger partial charge is 0.324 e. The molecule has 3 heteroatoms. The molecule has 0 saturated carbocycles. The van der Waals surface area contributed by atoms with Gasteiger partial charge >= 0.3 is 0 Å². The summed E-state index contributed by atoms with van der Waals surface area (Å²) in [5.41, 5.74) is 11.9. The van der Waals surface area contributed by atoms with Crippen LogP contribution in [0.5, 0.6) is 0 Å². The average molecular weight is 232 g/mol. The molecule has 1 unspecified atom stereocenters. The van der Waals surface area contributed by atoms with E-state index in [0.29, 0.717) is 0 Å². The Morgan fingerprint density at radius 3 is 2.75 bits per heavy atom. The highest BCUT2D eigenvalue weighted by molar-refractivity contribution is 7.09. The molecule has 1 aromatic carbocycles. The fraction of sp³-hybridized carbons (Fsp3) is 0.308. The lowest BCUT2D eigenvalue weighted by atomic mass is 9.99. The van der Waals surface area contributed by atoms with Crippen LogP contribution in [0.1, 0.15) is 27.6 Å². The van der Waals surface area contributed by atoms with Gasteiger partial charge in [0, 0.05) is 23.5 Å². The third-order valence-corrected chi connectivity index (χ3v) is 3.67. The number of aromatic nitrogens is 1. The van der Waals surface area contributed by atoms with Crippen LogP contribution in [0.25, 0.3) is 0 Å². The molecule has 0 spiro atoms. The molecule has 16 heavy (non-hydrogen) atoms. The monoisotopic (exact) mass is 232 g/mol. The smallest absolute Gasteiger partial charge is 0.0794 e. The van der Waals surface area contributed by atoms with Crippen molar-refractivity contribution in [2.45, 2.75) is 26.3 Å². The Bertz CT molecular complexity index is 463. The zero-order valence-electron chi connectivity index (χ0n) is 9.60. The number of rotatable bonds is 3. The van der Waals surface area contributed by atoms with Gasteiger partial charge in [-0.25, -0.2) is 0 Å². The lowest BCUT2D eigenvalue weighted by Gasteiger charge is -2.12. The van der Waals surface area contributed by atoms with Crippen molar-refractivity contribution in [1.82, 2.24) is 4.98 Å². The molecule has 2 rings (SSSR count). The maximum absolute atomic E-state index is 6.18. The maximum Gasteiger partial charge on any atom is 0.0794 e. The van der Waals surface area contributed by atoms with Crippen molar-refractivity contribution in [1.29, 1.82) is 0 Å². The predicted molar refractivity (Wildman–Crippen MR) is 68.7 cm³/mol. The van der Waals surface area contributed by atoms with Crippen molar-refractivity contribution in [3.05, 3.63) is 51.5 Å². The van der Waals surface area contributed by atoms with Gasteiger partial charge in [0.25, 0.3) is 0 Å². The Morgan fingerprint density at radius 2 is 2.12 bits per heavy atom. The molecule has 0 radical (unpaired) electrons. The standard InChI is InChI=1S/C13H16N2S/c1-9-3-4-11(5-10(9)2)13(14)6-12-7-15-8-16-12/h3-5,7-8,13H,6,14H2,1-2H3. The van der Waals surface area contributed by atoms with Crippen LogP contribution in [0.3, 0.4) is 0 Å². The zero-order chi connectivity index (χ0) is 11.5. The Labute approximate surface area is 100 Å². The van der Waals surface area contributed by atoms with Gasteiger partial charge in [-0.05, 0) is 30.5 Å². The van der Waals surface area contributed by atoms with Gasteiger partial charge in [0.2, 0.25) is 0 Å². The van der Waals surface area contributed by atoms with Crippen LogP contribution < -0.4 is 5.73 Å². The lowest BCUT2D eigenvalue weighted by molar-refractivity contribution is 0.728. The van der Waals surface area contributed by atoms with Crippen LogP contribution in [0.4, 0.5) is 0 Å². The van der Waals surface area contributed by atoms with Gasteiger partial charge in [0.1, 0.15) is 0 Å². The van der Waals surface area contributed by atoms with Gasteiger partial charge in [-0.3, -0.25) is 4.98 Å². The molecule has 0 bridgehead atoms. The number of aryl methyl sites for hydroxylation is 2. The summed E-state index contributed by atoms with van der Waals surface area (Å²) in [7, 11) is 0. The Morgan fingerprint density at radius 1 is 1.31 bits per heavy atom. The van der Waals surface area contributed by atoms with E-state index in [1.807, 2.05) is 11.7 Å². The van der Waals surface area contributed by atoms with E-state index in [2.05, 4.69) is 37.0 Å². The first-order valence-electron chi connectivity index (χ1n) is 5.37. The summed E-state index contributed by atoms with van der Waals surface area (Å²) in [5, 5.41) is 0. The molecule has 0 aliphatic carbocycles. The average Bonchev–Trinajstić information content (AvgIpc) is 2.74. The topological polar surface area (TPSA) is 38.9 Å². The van der Waals surface area contributed by atoms with Crippen LogP contribution in [0, 0.1) is 13.8 Å². The molecule has 0 aliphatic rings. The first-order chi connectivity index (χ1) is 7.66. The second kappa shape index (κ2) is 4.76. The van der Waals surface area contributed by atoms with Crippen molar-refractivity contribution in [3.8, 4) is 0 Å². The maximum atomic E-state index is 6.18. The number of hydrogen-bond donors (Lipinski definition) is 1. The van der Waals surface area contributed by atoms with Crippen LogP contribution in [-0.2, 0) is 6.42 Å². The van der Waals surface area contributed by atoms with Gasteiger partial charge in [-0.2, -0.15) is 0 Å². The summed E-state index contributed by atoms with van der Waals surface area (Å²) < 4.78 is 0. The van der Waals surface area contributed by atoms with Gasteiger partial charge in [-0.15, -0.1) is 11.3 Å². The van der Waals surface area contributed by atoms with Crippen molar-refractivity contribution in [2.75, 3.05) is 0 Å². The van der Waals surface area contributed by atoms with E-state index in [9.17, 15) is 0 Å². The molecule has 2 N–H and O–H groups in total. The van der Waals surface area contributed by atoms with E-state index >= 15 is 0 Å². The molecule has 2 aromatic rings. The fourth-order valence-electron chi connectivity index (χ4n) is 1.67. The van der Waals surface area contributed by atoms with Crippen LogP contribution >= 0.6 is 11.3 Å². The van der Waals surface area contributed by atoms with Crippen molar-refractivity contribution >= 4 is 11.3 Å². The Balaban J connectivity index is 2.14. The molecule has 0 amide bonds. The molecular formula is C13H16N2S. The second-order valence-electron chi connectivity index (χ2n) is 4.12. The van der Waals surface area contributed by atoms with E-state index in [1.165, 1.54) is 21.6 Å². The minimum Gasteiger partial charge on any atom is -0.324 e. The summed E-state index contributed by atoms with van der Waals surface area (Å²) in [5.74, 6) is 0. The molecule has 1 heterocycles. The number of hydrogen-bond acceptors (Lipinski definition) is 3. The fourth-order valence-corrected chi connectivity index (χ4v) is 2.33. The van der Waals surface area contributed by atoms with Gasteiger partial charge in [-0.1, -0.05) is 18.2 Å². The molecule has 1 atom stereocenters. The number of benzene rings is 1. The summed E-state index contributed by atoms with van der Waals surface area (Å²) in [6.07, 6.45) is 2.76. The summed E-state index contributed by atoms with van der Waals surface area (Å²) in [4.78, 5) is 5.30. The highest BCUT2D eigenvalue weighted by atomic mass is 32.1. The Kier molecular flexibility index (Phi) is 3.36. The molecule has 0 saturated heterocycles. The lowest BCUT2D eigenvalue weighted by Crippen LogP contribution is -2.13. The van der Waals surface area contributed by atoms with Crippen molar-refractivity contribution in [2.24, 2.45) is 5.73 Å². The van der Waals surface area contributed by atoms with Crippen molar-refractivity contribution < 1.29 is 0 Å². The van der Waals surface area contributed by atoms with E-state index in [4.69, 9.17) is 5.73 Å². The molecular weight excluding hydrogens is 216 g/mol. The normalized spacial score (nSPS) is 12.7. The second-order valence-corrected chi connectivity index (χ2v) is 5.09. The summed E-state index contributed by atoms with van der Waals surface area (Å²) in [6.45, 7) is 4.24. The molecule has 2 nitrogen and oxygen atoms in total. The highest BCUT2D eigenvalue weighted by Gasteiger charge is 2.08. The van der Waals surface area contributed by atoms with Crippen molar-refractivity contribution in [3.63, 3.8) is 0 Å². The van der Waals surface area contributed by atoms with E-state index in [0.717, 1.165) is 6.42 Å². The highest BCUT2D eigenvalue weighted by Crippen LogP contribution is 2.20. The number of nitrogens with zero attached hydrogens (tertiary/aromatic N) is 1. The van der Waals surface area contributed by atoms with E-state index in [-0.39, 0.29) is 6.04 Å². The zero-order valence-corrected chi connectivity index (χ0v) is 10.4. The third-order valence-electron chi connectivity index (χ3n) is 2.86. The molecule has 1 aromatic heterocycles. The van der Waals surface area contributed by atoms with Gasteiger partial charge < -0.3 is 5.73 Å². The van der Waals surface area contributed by atoms with Gasteiger partial charge in [0.15, 0.2) is 0 Å². The summed E-state index contributed by atoms with van der Waals surface area (Å²) >= 11 is 1.66. The SMILES string of the molecule is Cc1ccc(C(N)Cc2cncs2)cc1C. The van der Waals surface area contributed by atoms with Crippen LogP contribution in [-0.4, -0.2) is 4.98 Å². The molecule has 0 aliphatic heterocycles. The minimum atomic E-state index is 0.0692. The summed E-state index contributed by atoms with van der Waals surface area (Å²) in [6, 6.07) is 6.51.